The number of anilines is 3. The Balaban J connectivity index is 1.27. The number of fused-ring (bicyclic) bond motifs is 10. The molecular formula is C53H39N. The third-order valence-electron chi connectivity index (χ3n) is 12.2. The molecule has 1 spiro atoms. The van der Waals surface area contributed by atoms with Crippen molar-refractivity contribution in [2.75, 3.05) is 4.90 Å². The van der Waals surface area contributed by atoms with Crippen LogP contribution in [-0.2, 0) is 10.8 Å². The molecule has 3 aliphatic rings. The Morgan fingerprint density at radius 2 is 1.00 bits per heavy atom. The number of terminal acetylenes is 1. The minimum absolute atomic E-state index is 0.137. The van der Waals surface area contributed by atoms with E-state index in [4.69, 9.17) is 6.42 Å². The second-order valence-corrected chi connectivity index (χ2v) is 15.1. The fraction of sp³-hybridized carbons (Fsp3) is 0.0943. The van der Waals surface area contributed by atoms with Crippen LogP contribution in [0.2, 0.25) is 0 Å². The minimum Gasteiger partial charge on any atom is -0.310 e. The number of allylic oxidation sites excluding steroid dienone is 4. The van der Waals surface area contributed by atoms with Gasteiger partial charge in [-0.1, -0.05) is 159 Å². The van der Waals surface area contributed by atoms with Gasteiger partial charge in [-0.25, -0.2) is 0 Å². The Morgan fingerprint density at radius 1 is 0.500 bits per heavy atom. The lowest BCUT2D eigenvalue weighted by molar-refractivity contribution is 0.660. The quantitative estimate of drug-likeness (QED) is 0.166. The Kier molecular flexibility index (Phi) is 7.10. The van der Waals surface area contributed by atoms with Gasteiger partial charge in [-0.3, -0.25) is 0 Å². The first-order valence-electron chi connectivity index (χ1n) is 18.8. The molecule has 0 fully saturated rings. The first-order valence-corrected chi connectivity index (χ1v) is 18.8. The molecule has 0 radical (unpaired) electrons. The second kappa shape index (κ2) is 12.0. The standard InChI is InChI=1S/C53H39N/c1-5-18-46-38(6-2)43-31-29-37(34-50(43)53(46)47-26-15-11-23-41(47)42-24-12-16-27-48(42)53)54(51-28-17-13-21-39(51)35-19-8-7-9-20-35)36-30-32-44-40-22-10-14-25-45(40)52(3,4)49(44)33-36/h1,6-34H,2-4H3/b38-6-,46-18+. The van der Waals surface area contributed by atoms with E-state index >= 15 is 0 Å². The molecule has 0 heterocycles. The molecule has 1 heteroatoms. The van der Waals surface area contributed by atoms with E-state index in [9.17, 15) is 0 Å². The van der Waals surface area contributed by atoms with Crippen molar-refractivity contribution in [2.24, 2.45) is 0 Å². The van der Waals surface area contributed by atoms with Crippen molar-refractivity contribution in [3.63, 3.8) is 0 Å². The van der Waals surface area contributed by atoms with Gasteiger partial charge >= 0.3 is 0 Å². The normalized spacial score (nSPS) is 16.4. The summed E-state index contributed by atoms with van der Waals surface area (Å²) >= 11 is 0. The van der Waals surface area contributed by atoms with Crippen LogP contribution in [0.1, 0.15) is 54.2 Å². The first-order chi connectivity index (χ1) is 26.5. The number of hydrogen-bond acceptors (Lipinski definition) is 1. The zero-order valence-electron chi connectivity index (χ0n) is 30.8. The van der Waals surface area contributed by atoms with Crippen molar-refractivity contribution < 1.29 is 0 Å². The zero-order chi connectivity index (χ0) is 36.6. The third-order valence-corrected chi connectivity index (χ3v) is 12.2. The lowest BCUT2D eigenvalue weighted by Crippen LogP contribution is -2.26. The predicted molar refractivity (Wildman–Crippen MR) is 226 cm³/mol. The molecule has 0 aromatic heterocycles. The molecule has 256 valence electrons. The molecule has 0 amide bonds. The van der Waals surface area contributed by atoms with Gasteiger partial charge in [-0.2, -0.15) is 0 Å². The molecule has 0 N–H and O–H groups in total. The van der Waals surface area contributed by atoms with Crippen LogP contribution >= 0.6 is 0 Å². The maximum absolute atomic E-state index is 6.19. The van der Waals surface area contributed by atoms with Gasteiger partial charge in [0.2, 0.25) is 0 Å². The summed E-state index contributed by atoms with van der Waals surface area (Å²) in [6, 6.07) is 60.4. The average Bonchev–Trinajstić information content (AvgIpc) is 3.76. The van der Waals surface area contributed by atoms with Gasteiger partial charge in [0.25, 0.3) is 0 Å². The van der Waals surface area contributed by atoms with Crippen LogP contribution in [0.3, 0.4) is 0 Å². The van der Waals surface area contributed by atoms with Crippen LogP contribution in [0.25, 0.3) is 39.0 Å². The van der Waals surface area contributed by atoms with Crippen molar-refractivity contribution in [3.8, 4) is 45.7 Å². The second-order valence-electron chi connectivity index (χ2n) is 15.1. The van der Waals surface area contributed by atoms with Crippen LogP contribution in [0.15, 0.2) is 182 Å². The van der Waals surface area contributed by atoms with Gasteiger partial charge in [0.1, 0.15) is 0 Å². The lowest BCUT2D eigenvalue weighted by Gasteiger charge is -2.33. The van der Waals surface area contributed by atoms with Gasteiger partial charge in [-0.15, -0.1) is 6.42 Å². The largest absolute Gasteiger partial charge is 0.310 e. The summed E-state index contributed by atoms with van der Waals surface area (Å²) in [6.07, 6.45) is 10.4. The average molecular weight is 690 g/mol. The van der Waals surface area contributed by atoms with Gasteiger partial charge < -0.3 is 4.90 Å². The molecule has 1 nitrogen and oxygen atoms in total. The highest BCUT2D eigenvalue weighted by molar-refractivity contribution is 6.01. The van der Waals surface area contributed by atoms with E-state index in [1.165, 1.54) is 72.3 Å². The molecule has 7 aromatic rings. The van der Waals surface area contributed by atoms with Crippen molar-refractivity contribution in [3.05, 3.63) is 215 Å². The van der Waals surface area contributed by atoms with Crippen LogP contribution in [0, 0.1) is 12.3 Å². The summed E-state index contributed by atoms with van der Waals surface area (Å²) in [5.41, 5.74) is 20.3. The maximum Gasteiger partial charge on any atom is 0.0732 e. The van der Waals surface area contributed by atoms with Crippen LogP contribution in [0.5, 0.6) is 0 Å². The Morgan fingerprint density at radius 3 is 1.63 bits per heavy atom. The molecule has 0 bridgehead atoms. The van der Waals surface area contributed by atoms with Crippen molar-refractivity contribution in [2.45, 2.75) is 31.6 Å². The zero-order valence-corrected chi connectivity index (χ0v) is 30.8. The molecule has 0 aliphatic heterocycles. The van der Waals surface area contributed by atoms with Crippen molar-refractivity contribution >= 4 is 22.6 Å². The fourth-order valence-electron chi connectivity index (χ4n) is 9.89. The molecule has 0 unspecified atom stereocenters. The summed E-state index contributed by atoms with van der Waals surface area (Å²) in [5, 5.41) is 0. The van der Waals surface area contributed by atoms with E-state index in [0.717, 1.165) is 22.6 Å². The van der Waals surface area contributed by atoms with Gasteiger partial charge in [0, 0.05) is 22.4 Å². The molecule has 3 aliphatic carbocycles. The van der Waals surface area contributed by atoms with E-state index < -0.39 is 5.41 Å². The maximum atomic E-state index is 6.19. The monoisotopic (exact) mass is 689 g/mol. The highest BCUT2D eigenvalue weighted by Crippen LogP contribution is 2.64. The summed E-state index contributed by atoms with van der Waals surface area (Å²) in [4.78, 5) is 2.47. The van der Waals surface area contributed by atoms with Crippen LogP contribution < -0.4 is 4.90 Å². The number of benzene rings is 7. The van der Waals surface area contributed by atoms with Crippen molar-refractivity contribution in [1.82, 2.24) is 0 Å². The number of rotatable bonds is 4. The van der Waals surface area contributed by atoms with Gasteiger partial charge in [0.15, 0.2) is 0 Å². The third kappa shape index (κ3) is 4.29. The van der Waals surface area contributed by atoms with Crippen LogP contribution in [0.4, 0.5) is 17.1 Å². The predicted octanol–water partition coefficient (Wildman–Crippen LogP) is 13.4. The topological polar surface area (TPSA) is 3.24 Å². The van der Waals surface area contributed by atoms with E-state index in [-0.39, 0.29) is 5.41 Å². The van der Waals surface area contributed by atoms with E-state index in [2.05, 4.69) is 201 Å². The highest BCUT2D eigenvalue weighted by atomic mass is 15.1. The summed E-state index contributed by atoms with van der Waals surface area (Å²) in [5.74, 6) is 2.96. The summed E-state index contributed by atoms with van der Waals surface area (Å²) < 4.78 is 0. The van der Waals surface area contributed by atoms with Crippen molar-refractivity contribution in [1.29, 1.82) is 0 Å². The Bertz CT molecular complexity index is 2720. The smallest absolute Gasteiger partial charge is 0.0732 e. The van der Waals surface area contributed by atoms with Crippen LogP contribution in [-0.4, -0.2) is 0 Å². The molecule has 7 aromatic carbocycles. The molecule has 0 saturated carbocycles. The Hall–Kier alpha value is -6.62. The minimum atomic E-state index is -0.557. The van der Waals surface area contributed by atoms with E-state index in [1.54, 1.807) is 0 Å². The molecule has 54 heavy (non-hydrogen) atoms. The molecule has 0 atom stereocenters. The lowest BCUT2D eigenvalue weighted by atomic mass is 9.70. The fourth-order valence-corrected chi connectivity index (χ4v) is 9.89. The summed E-state index contributed by atoms with van der Waals surface area (Å²) in [7, 11) is 0. The Labute approximate surface area is 318 Å². The molecular weight excluding hydrogens is 651 g/mol. The summed E-state index contributed by atoms with van der Waals surface area (Å²) in [6.45, 7) is 6.85. The number of nitrogens with zero attached hydrogens (tertiary/aromatic N) is 1. The SMILES string of the molecule is C#C/C=C1\C(=C/C)c2ccc(N(c3ccc4c(c3)C(C)(C)c3ccccc3-4)c3ccccc3-c3ccccc3)cc2C12c1ccccc1-c1ccccc12. The highest BCUT2D eigenvalue weighted by Gasteiger charge is 2.53. The first kappa shape index (κ1) is 32.1. The molecule has 10 rings (SSSR count). The van der Waals surface area contributed by atoms with Gasteiger partial charge in [0.05, 0.1) is 11.1 Å². The number of para-hydroxylation sites is 1. The molecule has 0 saturated heterocycles. The van der Waals surface area contributed by atoms with Gasteiger partial charge in [-0.05, 0) is 116 Å². The number of hydrogen-bond donors (Lipinski definition) is 0. The van der Waals surface area contributed by atoms with E-state index in [0.29, 0.717) is 0 Å². The van der Waals surface area contributed by atoms with E-state index in [1.807, 2.05) is 6.08 Å².